The Kier molecular flexibility index (Phi) is 4.63. The topological polar surface area (TPSA) is 84.5 Å². The minimum absolute atomic E-state index is 0.447. The predicted molar refractivity (Wildman–Crippen MR) is 68.4 cm³/mol. The molecule has 0 saturated heterocycles. The molecule has 6 nitrogen and oxygen atoms in total. The number of hydrogen-bond donors (Lipinski definition) is 2. The molecule has 0 spiro atoms. The molecule has 0 bridgehead atoms. The van der Waals surface area contributed by atoms with E-state index in [2.05, 4.69) is 15.4 Å². The Hall–Kier alpha value is -2.37. The summed E-state index contributed by atoms with van der Waals surface area (Å²) in [6.07, 6.45) is 0. The van der Waals surface area contributed by atoms with Crippen molar-refractivity contribution in [3.05, 3.63) is 35.9 Å². The Labute approximate surface area is 111 Å². The average Bonchev–Trinajstić information content (AvgIpc) is 2.45. The van der Waals surface area contributed by atoms with Crippen LogP contribution in [0.4, 0.5) is 4.79 Å². The van der Waals surface area contributed by atoms with Crippen LogP contribution in [0.2, 0.25) is 0 Å². The first kappa shape index (κ1) is 14.7. The number of hydrogen-bond acceptors (Lipinski definition) is 4. The second-order valence-corrected chi connectivity index (χ2v) is 4.02. The molecule has 0 heterocycles. The molecular formula is C13H16N2O4. The quantitative estimate of drug-likeness (QED) is 0.617. The summed E-state index contributed by atoms with van der Waals surface area (Å²) in [5.74, 6) is -1.48. The first-order valence-corrected chi connectivity index (χ1v) is 5.64. The number of carbonyl (C=O) groups excluding carboxylic acids is 3. The Bertz CT molecular complexity index is 487. The molecule has 0 unspecified atom stereocenters. The van der Waals surface area contributed by atoms with E-state index in [1.165, 1.54) is 21.1 Å². The Morgan fingerprint density at radius 2 is 1.74 bits per heavy atom. The lowest BCUT2D eigenvalue weighted by Gasteiger charge is -2.25. The van der Waals surface area contributed by atoms with Gasteiger partial charge in [-0.3, -0.25) is 14.9 Å². The highest BCUT2D eigenvalue weighted by Crippen LogP contribution is 2.25. The van der Waals surface area contributed by atoms with Crippen molar-refractivity contribution in [2.75, 3.05) is 14.2 Å². The third-order valence-corrected chi connectivity index (χ3v) is 2.85. The van der Waals surface area contributed by atoms with Gasteiger partial charge in [-0.15, -0.1) is 0 Å². The van der Waals surface area contributed by atoms with E-state index >= 15 is 0 Å². The van der Waals surface area contributed by atoms with Gasteiger partial charge in [0.05, 0.1) is 7.11 Å². The molecule has 1 aromatic rings. The van der Waals surface area contributed by atoms with Crippen molar-refractivity contribution in [2.24, 2.45) is 0 Å². The molecule has 2 N–H and O–H groups in total. The fourth-order valence-corrected chi connectivity index (χ4v) is 1.61. The maximum atomic E-state index is 12.2. The van der Waals surface area contributed by atoms with Gasteiger partial charge in [0.1, 0.15) is 0 Å². The number of rotatable bonds is 3. The van der Waals surface area contributed by atoms with Gasteiger partial charge < -0.3 is 10.1 Å². The van der Waals surface area contributed by atoms with E-state index in [4.69, 9.17) is 0 Å². The van der Waals surface area contributed by atoms with Crippen LogP contribution in [0.25, 0.3) is 0 Å². The number of esters is 1. The fraction of sp³-hybridized carbons (Fsp3) is 0.308. The molecule has 0 aliphatic carbocycles. The van der Waals surface area contributed by atoms with Crippen molar-refractivity contribution in [2.45, 2.75) is 12.3 Å². The van der Waals surface area contributed by atoms with Crippen LogP contribution < -0.4 is 10.6 Å². The normalized spacial score (nSPS) is 13.0. The van der Waals surface area contributed by atoms with E-state index in [1.807, 2.05) is 0 Å². The molecule has 0 radical (unpaired) electrons. The zero-order valence-electron chi connectivity index (χ0n) is 11.0. The Morgan fingerprint density at radius 3 is 2.21 bits per heavy atom. The number of benzene rings is 1. The SMILES string of the molecule is CNC(=O)NC(=O)[C@](C)(C(=O)OC)c1ccccc1. The molecule has 6 heteroatoms. The predicted octanol–water partition coefficient (Wildman–Crippen LogP) is 0.573. The van der Waals surface area contributed by atoms with Crippen LogP contribution in [0.3, 0.4) is 0 Å². The summed E-state index contributed by atoms with van der Waals surface area (Å²) in [6.45, 7) is 1.41. The standard InChI is InChI=1S/C13H16N2O4/c1-13(11(17)19-3,9-7-5-4-6-8-9)10(16)15-12(18)14-2/h4-8H,1-3H3,(H2,14,15,16,18)/t13-/m1/s1. The largest absolute Gasteiger partial charge is 0.468 e. The number of urea groups is 1. The molecule has 0 aliphatic heterocycles. The number of methoxy groups -OCH3 is 1. The first-order valence-electron chi connectivity index (χ1n) is 5.64. The molecule has 102 valence electrons. The second kappa shape index (κ2) is 5.99. The monoisotopic (exact) mass is 264 g/mol. The van der Waals surface area contributed by atoms with Crippen LogP contribution in [-0.2, 0) is 19.7 Å². The third-order valence-electron chi connectivity index (χ3n) is 2.85. The zero-order valence-corrected chi connectivity index (χ0v) is 11.0. The maximum absolute atomic E-state index is 12.2. The first-order chi connectivity index (χ1) is 8.96. The number of imide groups is 1. The van der Waals surface area contributed by atoms with E-state index in [0.717, 1.165) is 0 Å². The number of amides is 3. The van der Waals surface area contributed by atoms with Crippen molar-refractivity contribution in [1.29, 1.82) is 0 Å². The summed E-state index contributed by atoms with van der Waals surface area (Å²) in [7, 11) is 2.57. The van der Waals surface area contributed by atoms with Crippen molar-refractivity contribution >= 4 is 17.9 Å². The van der Waals surface area contributed by atoms with Crippen LogP contribution in [0, 0.1) is 0 Å². The van der Waals surface area contributed by atoms with Gasteiger partial charge in [-0.2, -0.15) is 0 Å². The highest BCUT2D eigenvalue weighted by Gasteiger charge is 2.44. The zero-order chi connectivity index (χ0) is 14.5. The molecule has 0 aliphatic rings. The molecule has 1 atom stereocenters. The minimum atomic E-state index is -1.58. The van der Waals surface area contributed by atoms with Gasteiger partial charge >= 0.3 is 12.0 Å². The van der Waals surface area contributed by atoms with Crippen molar-refractivity contribution < 1.29 is 19.1 Å². The fourth-order valence-electron chi connectivity index (χ4n) is 1.61. The van der Waals surface area contributed by atoms with E-state index < -0.39 is 23.3 Å². The molecule has 19 heavy (non-hydrogen) atoms. The van der Waals surface area contributed by atoms with E-state index in [0.29, 0.717) is 5.56 Å². The molecule has 1 aromatic carbocycles. The summed E-state index contributed by atoms with van der Waals surface area (Å²) in [5.41, 5.74) is -1.13. The lowest BCUT2D eigenvalue weighted by atomic mass is 9.81. The van der Waals surface area contributed by atoms with Crippen LogP contribution in [0.5, 0.6) is 0 Å². The van der Waals surface area contributed by atoms with E-state index in [-0.39, 0.29) is 0 Å². The number of nitrogens with one attached hydrogen (secondary N) is 2. The highest BCUT2D eigenvalue weighted by molar-refractivity contribution is 6.12. The van der Waals surface area contributed by atoms with Gasteiger partial charge in [0.15, 0.2) is 5.41 Å². The van der Waals surface area contributed by atoms with Crippen LogP contribution in [-0.4, -0.2) is 32.1 Å². The molecule has 1 rings (SSSR count). The number of carbonyl (C=O) groups is 3. The van der Waals surface area contributed by atoms with Crippen molar-refractivity contribution in [3.63, 3.8) is 0 Å². The smallest absolute Gasteiger partial charge is 0.325 e. The van der Waals surface area contributed by atoms with Crippen LogP contribution >= 0.6 is 0 Å². The molecule has 3 amide bonds. The average molecular weight is 264 g/mol. The van der Waals surface area contributed by atoms with Gasteiger partial charge in [0.2, 0.25) is 5.91 Å². The van der Waals surface area contributed by atoms with Gasteiger partial charge in [0.25, 0.3) is 0 Å². The summed E-state index contributed by atoms with van der Waals surface area (Å²) in [5, 5.41) is 4.35. The van der Waals surface area contributed by atoms with Crippen LogP contribution in [0.15, 0.2) is 30.3 Å². The molecular weight excluding hydrogens is 248 g/mol. The van der Waals surface area contributed by atoms with Crippen molar-refractivity contribution in [1.82, 2.24) is 10.6 Å². The van der Waals surface area contributed by atoms with Gasteiger partial charge in [0, 0.05) is 7.05 Å². The summed E-state index contributed by atoms with van der Waals surface area (Å²) < 4.78 is 4.67. The third kappa shape index (κ3) is 2.90. The number of ether oxygens (including phenoxy) is 1. The van der Waals surface area contributed by atoms with E-state index in [1.54, 1.807) is 30.3 Å². The molecule has 0 fully saturated rings. The van der Waals surface area contributed by atoms with E-state index in [9.17, 15) is 14.4 Å². The van der Waals surface area contributed by atoms with Gasteiger partial charge in [-0.1, -0.05) is 30.3 Å². The minimum Gasteiger partial charge on any atom is -0.468 e. The highest BCUT2D eigenvalue weighted by atomic mass is 16.5. The van der Waals surface area contributed by atoms with Crippen molar-refractivity contribution in [3.8, 4) is 0 Å². The van der Waals surface area contributed by atoms with Gasteiger partial charge in [-0.25, -0.2) is 4.79 Å². The summed E-state index contributed by atoms with van der Waals surface area (Å²) in [6, 6.07) is 7.72. The summed E-state index contributed by atoms with van der Waals surface area (Å²) >= 11 is 0. The van der Waals surface area contributed by atoms with Crippen LogP contribution in [0.1, 0.15) is 12.5 Å². The second-order valence-electron chi connectivity index (χ2n) is 4.02. The summed E-state index contributed by atoms with van der Waals surface area (Å²) in [4.78, 5) is 35.3. The Balaban J connectivity index is 3.18. The van der Waals surface area contributed by atoms with Gasteiger partial charge in [-0.05, 0) is 12.5 Å². The Morgan fingerprint density at radius 1 is 1.16 bits per heavy atom. The molecule has 0 saturated carbocycles. The lowest BCUT2D eigenvalue weighted by molar-refractivity contribution is -0.151. The molecule has 0 aromatic heterocycles. The maximum Gasteiger partial charge on any atom is 0.325 e. The lowest BCUT2D eigenvalue weighted by Crippen LogP contribution is -2.52.